The first-order chi connectivity index (χ1) is 8.73. The SMILES string of the molecule is CCOc1ccc(NCC2(SC)CC2)cc1OC. The van der Waals surface area contributed by atoms with E-state index in [4.69, 9.17) is 9.47 Å². The van der Waals surface area contributed by atoms with E-state index in [1.54, 1.807) is 7.11 Å². The lowest BCUT2D eigenvalue weighted by Crippen LogP contribution is -2.17. The second-order valence-electron chi connectivity index (χ2n) is 4.54. The zero-order chi connectivity index (χ0) is 13.0. The molecule has 0 aliphatic heterocycles. The summed E-state index contributed by atoms with van der Waals surface area (Å²) in [6, 6.07) is 6.01. The molecular formula is C14H21NO2S. The Morgan fingerprint density at radius 2 is 2.11 bits per heavy atom. The normalized spacial score (nSPS) is 16.2. The lowest BCUT2D eigenvalue weighted by molar-refractivity contribution is 0.311. The van der Waals surface area contributed by atoms with E-state index in [0.29, 0.717) is 11.4 Å². The van der Waals surface area contributed by atoms with E-state index in [1.807, 2.05) is 36.9 Å². The molecule has 1 saturated carbocycles. The van der Waals surface area contributed by atoms with Gasteiger partial charge in [-0.1, -0.05) is 0 Å². The van der Waals surface area contributed by atoms with Gasteiger partial charge in [-0.15, -0.1) is 0 Å². The van der Waals surface area contributed by atoms with Gasteiger partial charge in [0.2, 0.25) is 0 Å². The Kier molecular flexibility index (Phi) is 4.27. The van der Waals surface area contributed by atoms with Gasteiger partial charge in [0.05, 0.1) is 13.7 Å². The molecule has 1 fully saturated rings. The third-order valence-electron chi connectivity index (χ3n) is 3.32. The predicted octanol–water partition coefficient (Wildman–Crippen LogP) is 3.40. The number of nitrogens with one attached hydrogen (secondary N) is 1. The van der Waals surface area contributed by atoms with Crippen molar-refractivity contribution in [2.45, 2.75) is 24.5 Å². The van der Waals surface area contributed by atoms with Gasteiger partial charge in [0.15, 0.2) is 11.5 Å². The standard InChI is InChI=1S/C14H21NO2S/c1-4-17-12-6-5-11(9-13(12)16-2)15-10-14(18-3)7-8-14/h5-6,9,15H,4,7-8,10H2,1-3H3. The van der Waals surface area contributed by atoms with Gasteiger partial charge in [-0.25, -0.2) is 0 Å². The monoisotopic (exact) mass is 267 g/mol. The van der Waals surface area contributed by atoms with Crippen molar-refractivity contribution in [1.82, 2.24) is 0 Å². The third kappa shape index (κ3) is 3.05. The summed E-state index contributed by atoms with van der Waals surface area (Å²) < 4.78 is 11.3. The first kappa shape index (κ1) is 13.4. The summed E-state index contributed by atoms with van der Waals surface area (Å²) >= 11 is 1.96. The molecule has 0 atom stereocenters. The highest BCUT2D eigenvalue weighted by atomic mass is 32.2. The summed E-state index contributed by atoms with van der Waals surface area (Å²) in [7, 11) is 1.67. The first-order valence-electron chi connectivity index (χ1n) is 6.33. The lowest BCUT2D eigenvalue weighted by Gasteiger charge is -2.16. The summed E-state index contributed by atoms with van der Waals surface area (Å²) in [5.41, 5.74) is 1.09. The van der Waals surface area contributed by atoms with Gasteiger partial charge in [-0.3, -0.25) is 0 Å². The molecule has 0 unspecified atom stereocenters. The van der Waals surface area contributed by atoms with Crippen molar-refractivity contribution in [3.63, 3.8) is 0 Å². The molecule has 1 aliphatic carbocycles. The fraction of sp³-hybridized carbons (Fsp3) is 0.571. The molecule has 1 N–H and O–H groups in total. The van der Waals surface area contributed by atoms with Crippen LogP contribution in [0.15, 0.2) is 18.2 Å². The van der Waals surface area contributed by atoms with Crippen LogP contribution >= 0.6 is 11.8 Å². The van der Waals surface area contributed by atoms with E-state index in [2.05, 4.69) is 11.6 Å². The van der Waals surface area contributed by atoms with Gasteiger partial charge in [-0.05, 0) is 38.2 Å². The predicted molar refractivity (Wildman–Crippen MR) is 78.1 cm³/mol. The molecular weight excluding hydrogens is 246 g/mol. The second kappa shape index (κ2) is 5.74. The molecule has 0 radical (unpaired) electrons. The number of rotatable bonds is 7. The Morgan fingerprint density at radius 1 is 1.33 bits per heavy atom. The third-order valence-corrected chi connectivity index (χ3v) is 4.74. The topological polar surface area (TPSA) is 30.5 Å². The fourth-order valence-corrected chi connectivity index (χ4v) is 2.63. The zero-order valence-corrected chi connectivity index (χ0v) is 12.1. The van der Waals surface area contributed by atoms with Crippen molar-refractivity contribution in [2.24, 2.45) is 0 Å². The number of benzene rings is 1. The molecule has 1 aromatic rings. The number of methoxy groups -OCH3 is 1. The molecule has 1 aromatic carbocycles. The van der Waals surface area contributed by atoms with Crippen molar-refractivity contribution in [1.29, 1.82) is 0 Å². The van der Waals surface area contributed by atoms with E-state index in [-0.39, 0.29) is 0 Å². The summed E-state index contributed by atoms with van der Waals surface area (Å²) in [6.45, 7) is 3.64. The minimum atomic E-state index is 0.464. The lowest BCUT2D eigenvalue weighted by atomic mass is 10.2. The minimum absolute atomic E-state index is 0.464. The van der Waals surface area contributed by atoms with Crippen LogP contribution in [-0.2, 0) is 0 Å². The van der Waals surface area contributed by atoms with Crippen LogP contribution in [0.3, 0.4) is 0 Å². The summed E-state index contributed by atoms with van der Waals surface area (Å²) in [5.74, 6) is 1.59. The fourth-order valence-electron chi connectivity index (χ4n) is 1.91. The molecule has 0 heterocycles. The van der Waals surface area contributed by atoms with E-state index in [9.17, 15) is 0 Å². The zero-order valence-electron chi connectivity index (χ0n) is 11.3. The smallest absolute Gasteiger partial charge is 0.162 e. The average Bonchev–Trinajstić information content (AvgIpc) is 3.18. The second-order valence-corrected chi connectivity index (χ2v) is 5.81. The first-order valence-corrected chi connectivity index (χ1v) is 7.55. The van der Waals surface area contributed by atoms with Gasteiger partial charge >= 0.3 is 0 Å². The Balaban J connectivity index is 2.00. The Hall–Kier alpha value is -1.03. The molecule has 1 aliphatic rings. The van der Waals surface area contributed by atoms with Crippen LogP contribution in [0, 0.1) is 0 Å². The minimum Gasteiger partial charge on any atom is -0.493 e. The number of hydrogen-bond acceptors (Lipinski definition) is 4. The van der Waals surface area contributed by atoms with Crippen molar-refractivity contribution in [2.75, 3.05) is 31.8 Å². The maximum absolute atomic E-state index is 5.50. The number of anilines is 1. The molecule has 2 rings (SSSR count). The van der Waals surface area contributed by atoms with Crippen LogP contribution in [0.2, 0.25) is 0 Å². The maximum atomic E-state index is 5.50. The van der Waals surface area contributed by atoms with Crippen LogP contribution in [-0.4, -0.2) is 31.3 Å². The molecule has 18 heavy (non-hydrogen) atoms. The van der Waals surface area contributed by atoms with Gasteiger partial charge in [0, 0.05) is 23.0 Å². The maximum Gasteiger partial charge on any atom is 0.162 e. The van der Waals surface area contributed by atoms with Crippen LogP contribution in [0.1, 0.15) is 19.8 Å². The van der Waals surface area contributed by atoms with E-state index < -0.39 is 0 Å². The van der Waals surface area contributed by atoms with Gasteiger partial charge in [-0.2, -0.15) is 11.8 Å². The molecule has 0 amide bonds. The van der Waals surface area contributed by atoms with Crippen molar-refractivity contribution in [3.05, 3.63) is 18.2 Å². The largest absolute Gasteiger partial charge is 0.493 e. The van der Waals surface area contributed by atoms with E-state index in [0.717, 1.165) is 23.7 Å². The number of ether oxygens (including phenoxy) is 2. The van der Waals surface area contributed by atoms with E-state index in [1.165, 1.54) is 12.8 Å². The molecule has 0 spiro atoms. The van der Waals surface area contributed by atoms with Crippen LogP contribution in [0.5, 0.6) is 11.5 Å². The Labute approximate surface area is 113 Å². The highest BCUT2D eigenvalue weighted by molar-refractivity contribution is 8.00. The van der Waals surface area contributed by atoms with E-state index >= 15 is 0 Å². The van der Waals surface area contributed by atoms with Crippen molar-refractivity contribution < 1.29 is 9.47 Å². The molecule has 100 valence electrons. The molecule has 0 bridgehead atoms. The summed E-state index contributed by atoms with van der Waals surface area (Å²) in [4.78, 5) is 0. The summed E-state index contributed by atoms with van der Waals surface area (Å²) in [5, 5.41) is 3.49. The van der Waals surface area contributed by atoms with Crippen LogP contribution in [0.25, 0.3) is 0 Å². The van der Waals surface area contributed by atoms with Crippen LogP contribution in [0.4, 0.5) is 5.69 Å². The average molecular weight is 267 g/mol. The highest BCUT2D eigenvalue weighted by Crippen LogP contribution is 2.47. The number of thioether (sulfide) groups is 1. The van der Waals surface area contributed by atoms with Crippen LogP contribution < -0.4 is 14.8 Å². The van der Waals surface area contributed by atoms with Gasteiger partial charge < -0.3 is 14.8 Å². The number of hydrogen-bond donors (Lipinski definition) is 1. The van der Waals surface area contributed by atoms with Crippen molar-refractivity contribution in [3.8, 4) is 11.5 Å². The quantitative estimate of drug-likeness (QED) is 0.820. The molecule has 4 heteroatoms. The van der Waals surface area contributed by atoms with Crippen molar-refractivity contribution >= 4 is 17.4 Å². The highest BCUT2D eigenvalue weighted by Gasteiger charge is 2.41. The Bertz CT molecular complexity index is 405. The van der Waals surface area contributed by atoms with Gasteiger partial charge in [0.1, 0.15) is 0 Å². The summed E-state index contributed by atoms with van der Waals surface area (Å²) in [6.07, 6.45) is 4.82. The molecule has 0 saturated heterocycles. The Morgan fingerprint density at radius 3 is 2.67 bits per heavy atom. The van der Waals surface area contributed by atoms with Gasteiger partial charge in [0.25, 0.3) is 0 Å². The molecule has 0 aromatic heterocycles. The molecule has 3 nitrogen and oxygen atoms in total.